The molecule has 1 heterocycles. The fourth-order valence-electron chi connectivity index (χ4n) is 1.85. The standard InChI is InChI=1S/C15H14ClFN2O2/c1-9(10-4-3-5-12(6-10)21-2)19-15(20)13-7-11(17)8-18-14(13)16/h3-9H,1-2H3,(H,19,20). The van der Waals surface area contributed by atoms with Crippen LogP contribution in [0.15, 0.2) is 36.5 Å². The Morgan fingerprint density at radius 1 is 1.43 bits per heavy atom. The third-order valence-corrected chi connectivity index (χ3v) is 3.29. The second kappa shape index (κ2) is 6.54. The van der Waals surface area contributed by atoms with Gasteiger partial charge in [-0.2, -0.15) is 0 Å². The van der Waals surface area contributed by atoms with Crippen molar-refractivity contribution in [3.63, 3.8) is 0 Å². The summed E-state index contributed by atoms with van der Waals surface area (Å²) in [6.07, 6.45) is 0.963. The number of methoxy groups -OCH3 is 1. The number of halogens is 2. The Morgan fingerprint density at radius 3 is 2.90 bits per heavy atom. The summed E-state index contributed by atoms with van der Waals surface area (Å²) in [7, 11) is 1.57. The van der Waals surface area contributed by atoms with E-state index in [0.717, 1.165) is 17.8 Å². The molecule has 0 aliphatic carbocycles. The van der Waals surface area contributed by atoms with Gasteiger partial charge in [0.05, 0.1) is 24.9 Å². The first-order valence-corrected chi connectivity index (χ1v) is 6.65. The molecule has 1 unspecified atom stereocenters. The van der Waals surface area contributed by atoms with Gasteiger partial charge in [0, 0.05) is 0 Å². The lowest BCUT2D eigenvalue weighted by molar-refractivity contribution is 0.0939. The van der Waals surface area contributed by atoms with E-state index in [1.165, 1.54) is 0 Å². The number of hydrogen-bond donors (Lipinski definition) is 1. The van der Waals surface area contributed by atoms with Crippen LogP contribution in [0.4, 0.5) is 4.39 Å². The fourth-order valence-corrected chi connectivity index (χ4v) is 2.04. The monoisotopic (exact) mass is 308 g/mol. The summed E-state index contributed by atoms with van der Waals surface area (Å²) in [5, 5.41) is 2.71. The van der Waals surface area contributed by atoms with Crippen LogP contribution in [0, 0.1) is 5.82 Å². The van der Waals surface area contributed by atoms with E-state index >= 15 is 0 Å². The van der Waals surface area contributed by atoms with Gasteiger partial charge in [0.2, 0.25) is 0 Å². The van der Waals surface area contributed by atoms with Gasteiger partial charge in [0.15, 0.2) is 0 Å². The summed E-state index contributed by atoms with van der Waals surface area (Å²) in [5.74, 6) is -0.403. The number of pyridine rings is 1. The minimum atomic E-state index is -0.612. The molecule has 0 fully saturated rings. The molecular formula is C15H14ClFN2O2. The Kier molecular flexibility index (Phi) is 4.75. The molecule has 0 spiro atoms. The Bertz CT molecular complexity index is 664. The molecule has 1 aromatic heterocycles. The van der Waals surface area contributed by atoms with E-state index in [2.05, 4.69) is 10.3 Å². The highest BCUT2D eigenvalue weighted by atomic mass is 35.5. The molecule has 2 rings (SSSR count). The molecule has 0 saturated heterocycles. The van der Waals surface area contributed by atoms with Crippen LogP contribution in [-0.2, 0) is 0 Å². The van der Waals surface area contributed by atoms with Crippen LogP contribution in [-0.4, -0.2) is 18.0 Å². The van der Waals surface area contributed by atoms with Crippen LogP contribution in [0.25, 0.3) is 0 Å². The molecule has 1 atom stereocenters. The van der Waals surface area contributed by atoms with Crippen molar-refractivity contribution >= 4 is 17.5 Å². The molecule has 110 valence electrons. The smallest absolute Gasteiger partial charge is 0.254 e. The SMILES string of the molecule is COc1cccc(C(C)NC(=O)c2cc(F)cnc2Cl)c1. The van der Waals surface area contributed by atoms with Gasteiger partial charge in [-0.15, -0.1) is 0 Å². The first kappa shape index (κ1) is 15.3. The molecule has 0 aliphatic heterocycles. The Morgan fingerprint density at radius 2 is 2.19 bits per heavy atom. The number of rotatable bonds is 4. The number of nitrogens with zero attached hydrogens (tertiary/aromatic N) is 1. The van der Waals surface area contributed by atoms with Crippen molar-refractivity contribution in [1.82, 2.24) is 10.3 Å². The molecule has 1 aromatic carbocycles. The highest BCUT2D eigenvalue weighted by molar-refractivity contribution is 6.32. The molecule has 21 heavy (non-hydrogen) atoms. The quantitative estimate of drug-likeness (QED) is 0.881. The lowest BCUT2D eigenvalue weighted by Gasteiger charge is -2.15. The van der Waals surface area contributed by atoms with E-state index in [9.17, 15) is 9.18 Å². The van der Waals surface area contributed by atoms with Gasteiger partial charge in [-0.3, -0.25) is 4.79 Å². The van der Waals surface area contributed by atoms with E-state index in [0.29, 0.717) is 5.75 Å². The average molecular weight is 309 g/mol. The minimum Gasteiger partial charge on any atom is -0.497 e. The number of hydrogen-bond acceptors (Lipinski definition) is 3. The molecule has 0 aliphatic rings. The molecule has 1 N–H and O–H groups in total. The fraction of sp³-hybridized carbons (Fsp3) is 0.200. The van der Waals surface area contributed by atoms with E-state index in [-0.39, 0.29) is 16.8 Å². The van der Waals surface area contributed by atoms with Crippen LogP contribution in [0.3, 0.4) is 0 Å². The van der Waals surface area contributed by atoms with Gasteiger partial charge >= 0.3 is 0 Å². The number of benzene rings is 1. The first-order valence-electron chi connectivity index (χ1n) is 6.27. The number of ether oxygens (including phenoxy) is 1. The highest BCUT2D eigenvalue weighted by Gasteiger charge is 2.16. The van der Waals surface area contributed by atoms with E-state index in [1.807, 2.05) is 31.2 Å². The van der Waals surface area contributed by atoms with Crippen molar-refractivity contribution < 1.29 is 13.9 Å². The number of carbonyl (C=O) groups excluding carboxylic acids is 1. The molecule has 1 amide bonds. The molecule has 2 aromatic rings. The zero-order valence-corrected chi connectivity index (χ0v) is 12.3. The van der Waals surface area contributed by atoms with Crippen LogP contribution in [0.5, 0.6) is 5.75 Å². The highest BCUT2D eigenvalue weighted by Crippen LogP contribution is 2.20. The molecule has 0 bridgehead atoms. The van der Waals surface area contributed by atoms with Crippen molar-refractivity contribution in [3.05, 3.63) is 58.6 Å². The molecule has 0 radical (unpaired) electrons. The number of carbonyl (C=O) groups is 1. The van der Waals surface area contributed by atoms with E-state index < -0.39 is 11.7 Å². The topological polar surface area (TPSA) is 51.2 Å². The summed E-state index contributed by atoms with van der Waals surface area (Å²) in [6, 6.07) is 8.09. The molecule has 4 nitrogen and oxygen atoms in total. The molecule has 6 heteroatoms. The van der Waals surface area contributed by atoms with Crippen LogP contribution >= 0.6 is 11.6 Å². The molecular weight excluding hydrogens is 295 g/mol. The zero-order chi connectivity index (χ0) is 15.4. The van der Waals surface area contributed by atoms with Gasteiger partial charge in [-0.05, 0) is 30.7 Å². The summed E-state index contributed by atoms with van der Waals surface area (Å²) in [4.78, 5) is 15.7. The predicted octanol–water partition coefficient (Wildman–Crippen LogP) is 3.37. The Hall–Kier alpha value is -2.14. The van der Waals surface area contributed by atoms with E-state index in [4.69, 9.17) is 16.3 Å². The predicted molar refractivity (Wildman–Crippen MR) is 78.1 cm³/mol. The lowest BCUT2D eigenvalue weighted by Crippen LogP contribution is -2.27. The third kappa shape index (κ3) is 3.70. The van der Waals surface area contributed by atoms with Crippen LogP contribution in [0.2, 0.25) is 5.15 Å². The number of amides is 1. The van der Waals surface area contributed by atoms with Crippen molar-refractivity contribution in [1.29, 1.82) is 0 Å². The Labute approximate surface area is 126 Å². The van der Waals surface area contributed by atoms with Crippen molar-refractivity contribution in [2.45, 2.75) is 13.0 Å². The largest absolute Gasteiger partial charge is 0.497 e. The van der Waals surface area contributed by atoms with E-state index in [1.54, 1.807) is 7.11 Å². The third-order valence-electron chi connectivity index (χ3n) is 2.99. The maximum Gasteiger partial charge on any atom is 0.254 e. The second-order valence-corrected chi connectivity index (χ2v) is 4.82. The van der Waals surface area contributed by atoms with Gasteiger partial charge in [-0.1, -0.05) is 23.7 Å². The van der Waals surface area contributed by atoms with Gasteiger partial charge in [0.1, 0.15) is 16.7 Å². The normalized spacial score (nSPS) is 11.8. The van der Waals surface area contributed by atoms with Crippen molar-refractivity contribution in [2.75, 3.05) is 7.11 Å². The zero-order valence-electron chi connectivity index (χ0n) is 11.6. The maximum atomic E-state index is 13.1. The second-order valence-electron chi connectivity index (χ2n) is 4.46. The van der Waals surface area contributed by atoms with Gasteiger partial charge < -0.3 is 10.1 Å². The number of nitrogens with one attached hydrogen (secondary N) is 1. The summed E-state index contributed by atoms with van der Waals surface area (Å²) >= 11 is 5.81. The first-order chi connectivity index (χ1) is 10.0. The Balaban J connectivity index is 2.16. The van der Waals surface area contributed by atoms with Gasteiger partial charge in [0.25, 0.3) is 5.91 Å². The van der Waals surface area contributed by atoms with Gasteiger partial charge in [-0.25, -0.2) is 9.37 Å². The lowest BCUT2D eigenvalue weighted by atomic mass is 10.1. The number of aromatic nitrogens is 1. The summed E-state index contributed by atoms with van der Waals surface area (Å²) in [5.41, 5.74) is 0.870. The van der Waals surface area contributed by atoms with Crippen LogP contribution in [0.1, 0.15) is 28.9 Å². The average Bonchev–Trinajstić information content (AvgIpc) is 2.49. The minimum absolute atomic E-state index is 0.00594. The maximum absolute atomic E-state index is 13.1. The van der Waals surface area contributed by atoms with Crippen LogP contribution < -0.4 is 10.1 Å². The molecule has 0 saturated carbocycles. The summed E-state index contributed by atoms with van der Waals surface area (Å²) in [6.45, 7) is 1.81. The van der Waals surface area contributed by atoms with Crippen molar-refractivity contribution in [3.8, 4) is 5.75 Å². The summed E-state index contributed by atoms with van der Waals surface area (Å²) < 4.78 is 18.3. The van der Waals surface area contributed by atoms with Crippen molar-refractivity contribution in [2.24, 2.45) is 0 Å².